The lowest BCUT2D eigenvalue weighted by atomic mass is 9.88. The summed E-state index contributed by atoms with van der Waals surface area (Å²) in [4.78, 5) is 22.2. The third kappa shape index (κ3) is 4.82. The SMILES string of the molecule is C=C(C)CNC(=O)NCC(C)(CC)C(=O)O. The smallest absolute Gasteiger partial charge is 0.315 e. The lowest BCUT2D eigenvalue weighted by Crippen LogP contribution is -2.44. The molecule has 16 heavy (non-hydrogen) atoms. The predicted molar refractivity (Wildman–Crippen MR) is 62.2 cm³/mol. The summed E-state index contributed by atoms with van der Waals surface area (Å²) >= 11 is 0. The van der Waals surface area contributed by atoms with Crippen molar-refractivity contribution in [3.8, 4) is 0 Å². The molecule has 0 rings (SSSR count). The van der Waals surface area contributed by atoms with Crippen LogP contribution >= 0.6 is 0 Å². The fraction of sp³-hybridized carbons (Fsp3) is 0.636. The molecule has 0 aliphatic carbocycles. The second kappa shape index (κ2) is 6.15. The van der Waals surface area contributed by atoms with Gasteiger partial charge in [-0.2, -0.15) is 0 Å². The van der Waals surface area contributed by atoms with Crippen molar-refractivity contribution in [3.63, 3.8) is 0 Å². The summed E-state index contributed by atoms with van der Waals surface area (Å²) in [5.74, 6) is -0.907. The number of carbonyl (C=O) groups is 2. The van der Waals surface area contributed by atoms with Gasteiger partial charge in [0.2, 0.25) is 0 Å². The zero-order valence-corrected chi connectivity index (χ0v) is 10.1. The Balaban J connectivity index is 4.08. The predicted octanol–water partition coefficient (Wildman–Crippen LogP) is 1.36. The maximum Gasteiger partial charge on any atom is 0.315 e. The molecule has 1 unspecified atom stereocenters. The summed E-state index contributed by atoms with van der Waals surface area (Å²) in [5, 5.41) is 14.1. The Labute approximate surface area is 95.9 Å². The molecule has 0 bridgehead atoms. The molecule has 0 aromatic carbocycles. The van der Waals surface area contributed by atoms with Crippen LogP contribution in [0.1, 0.15) is 27.2 Å². The summed E-state index contributed by atoms with van der Waals surface area (Å²) in [6.45, 7) is 9.33. The van der Waals surface area contributed by atoms with Gasteiger partial charge in [-0.15, -0.1) is 0 Å². The maximum absolute atomic E-state index is 11.3. The Hall–Kier alpha value is -1.52. The van der Waals surface area contributed by atoms with Gasteiger partial charge in [-0.05, 0) is 20.3 Å². The summed E-state index contributed by atoms with van der Waals surface area (Å²) in [6.07, 6.45) is 0.461. The topological polar surface area (TPSA) is 78.4 Å². The van der Waals surface area contributed by atoms with Crippen molar-refractivity contribution in [2.75, 3.05) is 13.1 Å². The number of hydrogen-bond acceptors (Lipinski definition) is 2. The number of carbonyl (C=O) groups excluding carboxylic acids is 1. The minimum absolute atomic E-state index is 0.112. The Morgan fingerprint density at radius 3 is 2.31 bits per heavy atom. The molecule has 0 aromatic heterocycles. The van der Waals surface area contributed by atoms with Crippen LogP contribution in [0, 0.1) is 5.41 Å². The average Bonchev–Trinajstić information content (AvgIpc) is 2.22. The second-order valence-electron chi connectivity index (χ2n) is 4.21. The van der Waals surface area contributed by atoms with E-state index in [2.05, 4.69) is 17.2 Å². The van der Waals surface area contributed by atoms with Crippen molar-refractivity contribution in [1.29, 1.82) is 0 Å². The molecular formula is C11H20N2O3. The highest BCUT2D eigenvalue weighted by Gasteiger charge is 2.31. The number of nitrogens with one attached hydrogen (secondary N) is 2. The second-order valence-corrected chi connectivity index (χ2v) is 4.21. The van der Waals surface area contributed by atoms with Gasteiger partial charge in [0.25, 0.3) is 0 Å². The molecule has 0 saturated carbocycles. The van der Waals surface area contributed by atoms with Crippen LogP contribution < -0.4 is 10.6 Å². The van der Waals surface area contributed by atoms with E-state index in [0.29, 0.717) is 13.0 Å². The average molecular weight is 228 g/mol. The van der Waals surface area contributed by atoms with Gasteiger partial charge in [0.05, 0.1) is 5.41 Å². The summed E-state index contributed by atoms with van der Waals surface area (Å²) in [6, 6.07) is -0.371. The van der Waals surface area contributed by atoms with Gasteiger partial charge in [-0.1, -0.05) is 19.1 Å². The molecule has 0 aliphatic rings. The molecule has 0 aromatic rings. The zero-order chi connectivity index (χ0) is 12.8. The first-order valence-electron chi connectivity index (χ1n) is 5.21. The van der Waals surface area contributed by atoms with Crippen LogP contribution in [0.2, 0.25) is 0 Å². The quantitative estimate of drug-likeness (QED) is 0.601. The lowest BCUT2D eigenvalue weighted by Gasteiger charge is -2.23. The van der Waals surface area contributed by atoms with Crippen LogP contribution in [0.3, 0.4) is 0 Å². The van der Waals surface area contributed by atoms with Crippen LogP contribution in [0.25, 0.3) is 0 Å². The molecule has 3 N–H and O–H groups in total. The van der Waals surface area contributed by atoms with Crippen LogP contribution in [-0.2, 0) is 4.79 Å². The maximum atomic E-state index is 11.3. The third-order valence-electron chi connectivity index (χ3n) is 2.49. The van der Waals surface area contributed by atoms with Crippen LogP contribution in [0.5, 0.6) is 0 Å². The molecule has 92 valence electrons. The monoisotopic (exact) mass is 228 g/mol. The Bertz CT molecular complexity index is 289. The zero-order valence-electron chi connectivity index (χ0n) is 10.1. The minimum Gasteiger partial charge on any atom is -0.481 e. The summed E-state index contributed by atoms with van der Waals surface area (Å²) in [7, 11) is 0. The third-order valence-corrected chi connectivity index (χ3v) is 2.49. The first kappa shape index (κ1) is 14.5. The summed E-state index contributed by atoms with van der Waals surface area (Å²) in [5.41, 5.74) is -0.0766. The van der Waals surface area contributed by atoms with E-state index in [1.54, 1.807) is 20.8 Å². The van der Waals surface area contributed by atoms with Crippen molar-refractivity contribution in [3.05, 3.63) is 12.2 Å². The van der Waals surface area contributed by atoms with Crippen molar-refractivity contribution >= 4 is 12.0 Å². The molecular weight excluding hydrogens is 208 g/mol. The number of rotatable bonds is 6. The van der Waals surface area contributed by atoms with E-state index in [1.165, 1.54) is 0 Å². The number of urea groups is 1. The standard InChI is InChI=1S/C11H20N2O3/c1-5-11(4,9(14)15)7-13-10(16)12-6-8(2)3/h2,5-7H2,1,3-4H3,(H,14,15)(H2,12,13,16). The minimum atomic E-state index is -0.916. The van der Waals surface area contributed by atoms with E-state index in [1.807, 2.05) is 0 Å². The molecule has 1 atom stereocenters. The lowest BCUT2D eigenvalue weighted by molar-refractivity contribution is -0.147. The molecule has 0 heterocycles. The normalized spacial score (nSPS) is 13.7. The number of carboxylic acids is 1. The van der Waals surface area contributed by atoms with Gasteiger partial charge in [0, 0.05) is 13.1 Å². The molecule has 5 nitrogen and oxygen atoms in total. The van der Waals surface area contributed by atoms with Crippen molar-refractivity contribution < 1.29 is 14.7 Å². The molecule has 2 amide bonds. The van der Waals surface area contributed by atoms with E-state index < -0.39 is 11.4 Å². The van der Waals surface area contributed by atoms with Crippen molar-refractivity contribution in [1.82, 2.24) is 10.6 Å². The van der Waals surface area contributed by atoms with E-state index >= 15 is 0 Å². The Morgan fingerprint density at radius 1 is 1.38 bits per heavy atom. The van der Waals surface area contributed by atoms with Gasteiger partial charge in [-0.25, -0.2) is 4.79 Å². The molecule has 0 radical (unpaired) electrons. The molecule has 5 heteroatoms. The number of hydrogen-bond donors (Lipinski definition) is 3. The summed E-state index contributed by atoms with van der Waals surface area (Å²) < 4.78 is 0. The fourth-order valence-electron chi connectivity index (χ4n) is 0.921. The largest absolute Gasteiger partial charge is 0.481 e. The van der Waals surface area contributed by atoms with Crippen molar-refractivity contribution in [2.24, 2.45) is 5.41 Å². The first-order valence-corrected chi connectivity index (χ1v) is 5.21. The van der Waals surface area contributed by atoms with Gasteiger partial charge in [0.15, 0.2) is 0 Å². The number of aliphatic carboxylic acids is 1. The van der Waals surface area contributed by atoms with E-state index in [0.717, 1.165) is 5.57 Å². The van der Waals surface area contributed by atoms with Gasteiger partial charge < -0.3 is 15.7 Å². The van der Waals surface area contributed by atoms with Crippen LogP contribution in [0.15, 0.2) is 12.2 Å². The highest BCUT2D eigenvalue weighted by molar-refractivity contribution is 5.77. The molecule has 0 aliphatic heterocycles. The number of amides is 2. The molecule has 0 saturated heterocycles. The van der Waals surface area contributed by atoms with Crippen LogP contribution in [0.4, 0.5) is 4.79 Å². The Kier molecular flexibility index (Phi) is 5.56. The van der Waals surface area contributed by atoms with Gasteiger partial charge >= 0.3 is 12.0 Å². The molecule has 0 fully saturated rings. The van der Waals surface area contributed by atoms with Gasteiger partial charge in [0.1, 0.15) is 0 Å². The Morgan fingerprint density at radius 2 is 1.94 bits per heavy atom. The number of carboxylic acid groups (broad SMARTS) is 1. The van der Waals surface area contributed by atoms with Gasteiger partial charge in [-0.3, -0.25) is 4.79 Å². The van der Waals surface area contributed by atoms with E-state index in [-0.39, 0.29) is 12.6 Å². The fourth-order valence-corrected chi connectivity index (χ4v) is 0.921. The van der Waals surface area contributed by atoms with E-state index in [4.69, 9.17) is 5.11 Å². The van der Waals surface area contributed by atoms with E-state index in [9.17, 15) is 9.59 Å². The van der Waals surface area contributed by atoms with Crippen molar-refractivity contribution in [2.45, 2.75) is 27.2 Å². The first-order chi connectivity index (χ1) is 7.31. The highest BCUT2D eigenvalue weighted by Crippen LogP contribution is 2.19. The molecule has 0 spiro atoms. The van der Waals surface area contributed by atoms with Crippen LogP contribution in [-0.4, -0.2) is 30.2 Å². The highest BCUT2D eigenvalue weighted by atomic mass is 16.4.